The number of aryl methyl sites for hydroxylation is 1. The predicted octanol–water partition coefficient (Wildman–Crippen LogP) is 3.01. The van der Waals surface area contributed by atoms with Crippen LogP contribution < -0.4 is 5.32 Å². The zero-order valence-corrected chi connectivity index (χ0v) is 11.2. The Morgan fingerprint density at radius 2 is 2.00 bits per heavy atom. The standard InChI is InChI=1S/C14H18N4/c1-9(2)12-13(17-8-18-14(12)15-4)11-7-16-6-5-10(11)3/h5-9H,1-4H3,(H,15,17,18). The topological polar surface area (TPSA) is 50.7 Å². The Kier molecular flexibility index (Phi) is 3.55. The summed E-state index contributed by atoms with van der Waals surface area (Å²) in [6.07, 6.45) is 5.26. The molecule has 0 atom stereocenters. The third kappa shape index (κ3) is 2.18. The van der Waals surface area contributed by atoms with E-state index in [1.54, 1.807) is 12.5 Å². The number of pyridine rings is 1. The van der Waals surface area contributed by atoms with Crippen LogP contribution in [0.2, 0.25) is 0 Å². The van der Waals surface area contributed by atoms with E-state index in [1.165, 1.54) is 5.56 Å². The monoisotopic (exact) mass is 242 g/mol. The van der Waals surface area contributed by atoms with Crippen LogP contribution in [0.5, 0.6) is 0 Å². The molecule has 2 rings (SSSR count). The fourth-order valence-electron chi connectivity index (χ4n) is 2.07. The third-order valence-electron chi connectivity index (χ3n) is 2.99. The van der Waals surface area contributed by atoms with E-state index < -0.39 is 0 Å². The number of rotatable bonds is 3. The Morgan fingerprint density at radius 3 is 2.61 bits per heavy atom. The van der Waals surface area contributed by atoms with Crippen LogP contribution in [0.3, 0.4) is 0 Å². The molecule has 0 amide bonds. The van der Waals surface area contributed by atoms with Crippen molar-refractivity contribution in [3.8, 4) is 11.3 Å². The van der Waals surface area contributed by atoms with Crippen LogP contribution in [0.1, 0.15) is 30.9 Å². The normalized spacial score (nSPS) is 10.7. The smallest absolute Gasteiger partial charge is 0.133 e. The molecule has 0 spiro atoms. The number of hydrogen-bond acceptors (Lipinski definition) is 4. The summed E-state index contributed by atoms with van der Waals surface area (Å²) in [5.41, 5.74) is 4.35. The zero-order chi connectivity index (χ0) is 13.1. The van der Waals surface area contributed by atoms with Crippen molar-refractivity contribution in [2.75, 3.05) is 12.4 Å². The van der Waals surface area contributed by atoms with Gasteiger partial charge in [-0.1, -0.05) is 13.8 Å². The Balaban J connectivity index is 2.68. The molecule has 0 aliphatic carbocycles. The molecule has 0 fully saturated rings. The van der Waals surface area contributed by atoms with Gasteiger partial charge in [0.25, 0.3) is 0 Å². The third-order valence-corrected chi connectivity index (χ3v) is 2.99. The summed E-state index contributed by atoms with van der Waals surface area (Å²) in [7, 11) is 1.88. The molecule has 2 heterocycles. The molecule has 0 unspecified atom stereocenters. The lowest BCUT2D eigenvalue weighted by Crippen LogP contribution is -2.05. The molecule has 18 heavy (non-hydrogen) atoms. The van der Waals surface area contributed by atoms with Crippen molar-refractivity contribution in [1.29, 1.82) is 0 Å². The lowest BCUT2D eigenvalue weighted by atomic mass is 9.96. The lowest BCUT2D eigenvalue weighted by molar-refractivity contribution is 0.851. The second-order valence-electron chi connectivity index (χ2n) is 4.58. The highest BCUT2D eigenvalue weighted by Crippen LogP contribution is 2.32. The number of hydrogen-bond donors (Lipinski definition) is 1. The molecule has 0 saturated heterocycles. The van der Waals surface area contributed by atoms with Gasteiger partial charge in [0.2, 0.25) is 0 Å². The van der Waals surface area contributed by atoms with E-state index in [4.69, 9.17) is 0 Å². The Bertz CT molecular complexity index is 549. The summed E-state index contributed by atoms with van der Waals surface area (Å²) >= 11 is 0. The molecule has 4 heteroatoms. The molecule has 1 N–H and O–H groups in total. The summed E-state index contributed by atoms with van der Waals surface area (Å²) in [6.45, 7) is 6.37. The minimum atomic E-state index is 0.350. The molecule has 2 aromatic heterocycles. The van der Waals surface area contributed by atoms with Gasteiger partial charge < -0.3 is 5.32 Å². The van der Waals surface area contributed by atoms with Crippen molar-refractivity contribution in [2.24, 2.45) is 0 Å². The van der Waals surface area contributed by atoms with E-state index >= 15 is 0 Å². The number of nitrogens with one attached hydrogen (secondary N) is 1. The highest BCUT2D eigenvalue weighted by molar-refractivity contribution is 5.70. The van der Waals surface area contributed by atoms with Gasteiger partial charge in [-0.15, -0.1) is 0 Å². The minimum Gasteiger partial charge on any atom is -0.373 e. The first-order valence-electron chi connectivity index (χ1n) is 6.08. The average Bonchev–Trinajstić information content (AvgIpc) is 2.38. The Labute approximate surface area is 108 Å². The molecule has 0 bridgehead atoms. The van der Waals surface area contributed by atoms with E-state index in [1.807, 2.05) is 19.3 Å². The number of nitrogens with zero attached hydrogens (tertiary/aromatic N) is 3. The van der Waals surface area contributed by atoms with Crippen molar-refractivity contribution in [3.63, 3.8) is 0 Å². The minimum absolute atomic E-state index is 0.350. The fourth-order valence-corrected chi connectivity index (χ4v) is 2.07. The molecule has 0 aliphatic heterocycles. The Hall–Kier alpha value is -1.97. The average molecular weight is 242 g/mol. The summed E-state index contributed by atoms with van der Waals surface area (Å²) in [4.78, 5) is 12.9. The predicted molar refractivity (Wildman–Crippen MR) is 73.6 cm³/mol. The molecule has 4 nitrogen and oxygen atoms in total. The highest BCUT2D eigenvalue weighted by atomic mass is 15.0. The molecule has 0 radical (unpaired) electrons. The van der Waals surface area contributed by atoms with Crippen molar-refractivity contribution in [1.82, 2.24) is 15.0 Å². The fraction of sp³-hybridized carbons (Fsp3) is 0.357. The van der Waals surface area contributed by atoms with E-state index in [0.29, 0.717) is 5.92 Å². The summed E-state index contributed by atoms with van der Waals surface area (Å²) in [5.74, 6) is 1.24. The number of anilines is 1. The van der Waals surface area contributed by atoms with Gasteiger partial charge in [0.15, 0.2) is 0 Å². The van der Waals surface area contributed by atoms with Crippen LogP contribution >= 0.6 is 0 Å². The molecule has 2 aromatic rings. The van der Waals surface area contributed by atoms with Crippen LogP contribution in [-0.2, 0) is 0 Å². The van der Waals surface area contributed by atoms with E-state index in [9.17, 15) is 0 Å². The maximum Gasteiger partial charge on any atom is 0.133 e. The first-order valence-corrected chi connectivity index (χ1v) is 6.08. The number of aromatic nitrogens is 3. The van der Waals surface area contributed by atoms with Gasteiger partial charge in [0.05, 0.1) is 5.69 Å². The van der Waals surface area contributed by atoms with Crippen LogP contribution in [0.15, 0.2) is 24.8 Å². The molecule has 94 valence electrons. The maximum atomic E-state index is 4.45. The molecule has 0 aromatic carbocycles. The van der Waals surface area contributed by atoms with Crippen molar-refractivity contribution >= 4 is 5.82 Å². The Morgan fingerprint density at radius 1 is 1.22 bits per heavy atom. The van der Waals surface area contributed by atoms with Crippen molar-refractivity contribution < 1.29 is 0 Å². The maximum absolute atomic E-state index is 4.45. The lowest BCUT2D eigenvalue weighted by Gasteiger charge is -2.16. The quantitative estimate of drug-likeness (QED) is 0.898. The van der Waals surface area contributed by atoms with Gasteiger partial charge in [-0.25, -0.2) is 9.97 Å². The largest absolute Gasteiger partial charge is 0.373 e. The second-order valence-corrected chi connectivity index (χ2v) is 4.58. The molecule has 0 saturated carbocycles. The SMILES string of the molecule is CNc1ncnc(-c2cnccc2C)c1C(C)C. The van der Waals surface area contributed by atoms with Crippen LogP contribution in [0.25, 0.3) is 11.3 Å². The highest BCUT2D eigenvalue weighted by Gasteiger charge is 2.16. The molecular weight excluding hydrogens is 224 g/mol. The molecule has 0 aliphatic rings. The first-order chi connectivity index (χ1) is 8.65. The summed E-state index contributed by atoms with van der Waals surface area (Å²) < 4.78 is 0. The van der Waals surface area contributed by atoms with E-state index in [-0.39, 0.29) is 0 Å². The van der Waals surface area contributed by atoms with Crippen LogP contribution in [-0.4, -0.2) is 22.0 Å². The van der Waals surface area contributed by atoms with Gasteiger partial charge in [0.1, 0.15) is 12.1 Å². The zero-order valence-electron chi connectivity index (χ0n) is 11.2. The summed E-state index contributed by atoms with van der Waals surface area (Å²) in [6, 6.07) is 2.00. The van der Waals surface area contributed by atoms with E-state index in [0.717, 1.165) is 22.6 Å². The van der Waals surface area contributed by atoms with Gasteiger partial charge in [0, 0.05) is 30.6 Å². The van der Waals surface area contributed by atoms with Crippen molar-refractivity contribution in [2.45, 2.75) is 26.7 Å². The second kappa shape index (κ2) is 5.12. The van der Waals surface area contributed by atoms with Crippen molar-refractivity contribution in [3.05, 3.63) is 35.9 Å². The van der Waals surface area contributed by atoms with Crippen LogP contribution in [0, 0.1) is 6.92 Å². The van der Waals surface area contributed by atoms with Gasteiger partial charge >= 0.3 is 0 Å². The molecular formula is C14H18N4. The van der Waals surface area contributed by atoms with Gasteiger partial charge in [-0.3, -0.25) is 4.98 Å². The first kappa shape index (κ1) is 12.5. The van der Waals surface area contributed by atoms with Gasteiger partial charge in [-0.2, -0.15) is 0 Å². The van der Waals surface area contributed by atoms with Gasteiger partial charge in [-0.05, 0) is 24.5 Å². The van der Waals surface area contributed by atoms with Crippen LogP contribution in [0.4, 0.5) is 5.82 Å². The summed E-state index contributed by atoms with van der Waals surface area (Å²) in [5, 5.41) is 3.14. The van der Waals surface area contributed by atoms with E-state index in [2.05, 4.69) is 41.0 Å².